The molecule has 45 heavy (non-hydrogen) atoms. The largest absolute Gasteiger partial charge is 0.465 e. The number of aldehydes is 1. The Kier molecular flexibility index (Phi) is 10.9. The molecule has 0 unspecified atom stereocenters. The molecule has 5 rings (SSSR count). The Balaban J connectivity index is 0.000000194. The zero-order valence-corrected chi connectivity index (χ0v) is 30.0. The second-order valence-corrected chi connectivity index (χ2v) is 22.6. The maximum absolute atomic E-state index is 12.0. The summed E-state index contributed by atoms with van der Waals surface area (Å²) < 4.78 is 10.5. The number of carbonyl (C=O) groups excluding carboxylic acids is 3. The number of aromatic nitrogens is 7. The highest BCUT2D eigenvalue weighted by Gasteiger charge is 2.24. The smallest absolute Gasteiger partial charge is 0.338 e. The van der Waals surface area contributed by atoms with E-state index in [4.69, 9.17) is 4.74 Å². The summed E-state index contributed by atoms with van der Waals surface area (Å²) in [6.07, 6.45) is 7.58. The molecule has 5 aromatic rings. The molecule has 0 amide bonds. The number of pyridine rings is 1. The predicted octanol–water partition coefficient (Wildman–Crippen LogP) is 4.37. The number of methoxy groups -OCH3 is 1. The van der Waals surface area contributed by atoms with E-state index in [1.165, 1.54) is 7.11 Å². The third kappa shape index (κ3) is 8.16. The maximum Gasteiger partial charge on any atom is 0.338 e. The minimum atomic E-state index is -1.40. The summed E-state index contributed by atoms with van der Waals surface area (Å²) in [4.78, 5) is 50.9. The third-order valence-corrected chi connectivity index (χ3v) is 10.6. The standard InChI is InChI=1S/C15H13N3O2.C9H16N2OSi.C8H14N2OSi/c1-18-9-16-8-14(18)13-7-11(15(19)20-2)10-5-3-4-6-12(10)17-13;1-7(12)8-6-10-9(11(8)2)13(3,4)5;1-10-7(6-11)5-9-8(10)12(2,3)4/h3-9H,1-2H3;6H,1-5H3;5-6H,1-4H3. The molecule has 11 nitrogen and oxygen atoms in total. The van der Waals surface area contributed by atoms with Gasteiger partial charge in [0, 0.05) is 33.5 Å². The molecular formula is C32H43N7O4Si2. The van der Waals surface area contributed by atoms with Gasteiger partial charge in [0.1, 0.15) is 27.5 Å². The number of ketones is 1. The Morgan fingerprint density at radius 3 is 1.91 bits per heavy atom. The van der Waals surface area contributed by atoms with Gasteiger partial charge in [0.15, 0.2) is 12.1 Å². The number of benzene rings is 1. The number of hydrogen-bond acceptors (Lipinski definition) is 8. The molecule has 0 aliphatic heterocycles. The number of esters is 1. The third-order valence-electron chi connectivity index (χ3n) is 7.04. The molecule has 238 valence electrons. The SMILES string of the molecule is CC(=O)c1cnc([Si](C)(C)C)n1C.COC(=O)c1cc(-c2cncn2C)nc2ccccc12.Cn1c(C=O)cnc1[Si](C)(C)C. The molecule has 0 bridgehead atoms. The normalized spacial score (nSPS) is 11.3. The fraction of sp³-hybridized carbons (Fsp3) is 0.344. The van der Waals surface area contributed by atoms with Crippen molar-refractivity contribution in [2.75, 3.05) is 7.11 Å². The second-order valence-electron chi connectivity index (χ2n) is 12.7. The van der Waals surface area contributed by atoms with Gasteiger partial charge in [0.25, 0.3) is 0 Å². The van der Waals surface area contributed by atoms with Crippen molar-refractivity contribution in [3.8, 4) is 11.4 Å². The quantitative estimate of drug-likeness (QED) is 0.115. The lowest BCUT2D eigenvalue weighted by Crippen LogP contribution is -2.44. The highest BCUT2D eigenvalue weighted by atomic mass is 28.3. The van der Waals surface area contributed by atoms with Gasteiger partial charge >= 0.3 is 5.97 Å². The summed E-state index contributed by atoms with van der Waals surface area (Å²) in [5, 5.41) is 0.783. The average Bonchev–Trinajstić information content (AvgIpc) is 3.69. The van der Waals surface area contributed by atoms with Crippen molar-refractivity contribution in [3.05, 3.63) is 72.2 Å². The number of fused-ring (bicyclic) bond motifs is 1. The Labute approximate surface area is 266 Å². The monoisotopic (exact) mass is 645 g/mol. The Hall–Kier alpha value is -4.50. The minimum absolute atomic E-state index is 0.0829. The van der Waals surface area contributed by atoms with E-state index >= 15 is 0 Å². The molecule has 0 atom stereocenters. The number of rotatable bonds is 6. The van der Waals surface area contributed by atoms with Gasteiger partial charge in [-0.15, -0.1) is 0 Å². The molecule has 0 saturated carbocycles. The minimum Gasteiger partial charge on any atom is -0.465 e. The van der Waals surface area contributed by atoms with E-state index in [0.717, 1.165) is 33.8 Å². The average molecular weight is 646 g/mol. The van der Waals surface area contributed by atoms with Crippen molar-refractivity contribution < 1.29 is 19.1 Å². The van der Waals surface area contributed by atoms with E-state index in [-0.39, 0.29) is 11.8 Å². The van der Waals surface area contributed by atoms with Crippen molar-refractivity contribution in [1.82, 2.24) is 33.6 Å². The number of carbonyl (C=O) groups is 3. The highest BCUT2D eigenvalue weighted by Crippen LogP contribution is 2.24. The summed E-state index contributed by atoms with van der Waals surface area (Å²) in [7, 11) is 4.29. The molecule has 0 N–H and O–H groups in total. The molecule has 0 aliphatic carbocycles. The van der Waals surface area contributed by atoms with Crippen molar-refractivity contribution in [2.45, 2.75) is 46.2 Å². The zero-order chi connectivity index (χ0) is 33.7. The lowest BCUT2D eigenvalue weighted by Gasteiger charge is -2.15. The van der Waals surface area contributed by atoms with Crippen molar-refractivity contribution >= 4 is 56.0 Å². The van der Waals surface area contributed by atoms with Crippen LogP contribution in [0.25, 0.3) is 22.3 Å². The lowest BCUT2D eigenvalue weighted by atomic mass is 10.1. The summed E-state index contributed by atoms with van der Waals surface area (Å²) in [5.41, 5.74) is 6.33. The summed E-state index contributed by atoms with van der Waals surface area (Å²) in [6, 6.07) is 9.25. The second kappa shape index (κ2) is 14.1. The number of ether oxygens (including phenoxy) is 1. The van der Waals surface area contributed by atoms with Crippen LogP contribution in [0.5, 0.6) is 0 Å². The van der Waals surface area contributed by atoms with E-state index in [9.17, 15) is 14.4 Å². The topological polar surface area (TPSA) is 127 Å². The summed E-state index contributed by atoms with van der Waals surface area (Å²) >= 11 is 0. The molecule has 4 heterocycles. The van der Waals surface area contributed by atoms with Crippen LogP contribution in [-0.2, 0) is 25.9 Å². The fourth-order valence-electron chi connectivity index (χ4n) is 4.85. The number of hydrogen-bond donors (Lipinski definition) is 0. The van der Waals surface area contributed by atoms with E-state index < -0.39 is 16.1 Å². The molecular weight excluding hydrogens is 603 g/mol. The molecule has 0 saturated heterocycles. The zero-order valence-electron chi connectivity index (χ0n) is 28.0. The van der Waals surface area contributed by atoms with Gasteiger partial charge in [-0.1, -0.05) is 57.5 Å². The maximum atomic E-state index is 12.0. The highest BCUT2D eigenvalue weighted by molar-refractivity contribution is 6.88. The number of aryl methyl sites for hydroxylation is 1. The van der Waals surface area contributed by atoms with Gasteiger partial charge in [-0.2, -0.15) is 0 Å². The van der Waals surface area contributed by atoms with E-state index in [1.54, 1.807) is 37.9 Å². The first-order valence-electron chi connectivity index (χ1n) is 14.5. The fourth-order valence-corrected chi connectivity index (χ4v) is 8.02. The van der Waals surface area contributed by atoms with E-state index in [0.29, 0.717) is 22.6 Å². The number of Topliss-reactive ketones (excluding diaryl/α,β-unsaturated/α-hetero) is 1. The Morgan fingerprint density at radius 1 is 0.867 bits per heavy atom. The van der Waals surface area contributed by atoms with Gasteiger partial charge in [0.2, 0.25) is 0 Å². The van der Waals surface area contributed by atoms with Gasteiger partial charge in [-0.05, 0) is 12.1 Å². The van der Waals surface area contributed by atoms with Crippen LogP contribution in [-0.4, -0.2) is 74.9 Å². The van der Waals surface area contributed by atoms with Crippen LogP contribution in [0.1, 0.15) is 38.3 Å². The molecule has 0 spiro atoms. The van der Waals surface area contributed by atoms with Crippen LogP contribution in [0.3, 0.4) is 0 Å². The predicted molar refractivity (Wildman–Crippen MR) is 183 cm³/mol. The summed E-state index contributed by atoms with van der Waals surface area (Å²) in [5.74, 6) is -0.286. The Morgan fingerprint density at radius 2 is 1.47 bits per heavy atom. The van der Waals surface area contributed by atoms with E-state index in [2.05, 4.69) is 59.2 Å². The lowest BCUT2D eigenvalue weighted by molar-refractivity contribution is 0.0602. The first kappa shape index (κ1) is 35.0. The van der Waals surface area contributed by atoms with Crippen LogP contribution in [0.2, 0.25) is 39.3 Å². The number of para-hydroxylation sites is 1. The van der Waals surface area contributed by atoms with Gasteiger partial charge in [-0.25, -0.2) is 24.7 Å². The van der Waals surface area contributed by atoms with Gasteiger partial charge in [0.05, 0.1) is 65.4 Å². The van der Waals surface area contributed by atoms with Gasteiger partial charge < -0.3 is 18.4 Å². The molecule has 1 aromatic carbocycles. The van der Waals surface area contributed by atoms with Crippen LogP contribution < -0.4 is 10.9 Å². The molecule has 0 radical (unpaired) electrons. The van der Waals surface area contributed by atoms with Crippen molar-refractivity contribution in [1.29, 1.82) is 0 Å². The van der Waals surface area contributed by atoms with Crippen molar-refractivity contribution in [2.24, 2.45) is 21.1 Å². The number of imidazole rings is 3. The van der Waals surface area contributed by atoms with Crippen molar-refractivity contribution in [3.63, 3.8) is 0 Å². The van der Waals surface area contributed by atoms with Crippen LogP contribution in [0.4, 0.5) is 0 Å². The first-order valence-corrected chi connectivity index (χ1v) is 21.5. The van der Waals surface area contributed by atoms with E-state index in [1.807, 2.05) is 59.1 Å². The first-order chi connectivity index (χ1) is 21.0. The van der Waals surface area contributed by atoms with Crippen LogP contribution in [0.15, 0.2) is 55.2 Å². The van der Waals surface area contributed by atoms with Gasteiger partial charge in [-0.3, -0.25) is 9.59 Å². The Bertz CT molecular complexity index is 1830. The molecule has 4 aromatic heterocycles. The summed E-state index contributed by atoms with van der Waals surface area (Å²) in [6.45, 7) is 14.9. The molecule has 13 heteroatoms. The van der Waals surface area contributed by atoms with Crippen LogP contribution >= 0.6 is 0 Å². The molecule has 0 fully saturated rings. The number of nitrogens with zero attached hydrogens (tertiary/aromatic N) is 7. The molecule has 0 aliphatic rings. The van der Waals surface area contributed by atoms with Crippen LogP contribution in [0, 0.1) is 0 Å².